The first kappa shape index (κ1) is 13.9. The second-order valence-electron chi connectivity index (χ2n) is 5.06. The van der Waals surface area contributed by atoms with E-state index in [4.69, 9.17) is 21.1 Å². The maximum Gasteiger partial charge on any atom is 0.163 e. The predicted molar refractivity (Wildman–Crippen MR) is 81.8 cm³/mol. The number of nitrogens with one attached hydrogen (secondary N) is 1. The lowest BCUT2D eigenvalue weighted by molar-refractivity contribution is 0.171. The quantitative estimate of drug-likeness (QED) is 0.875. The molecule has 110 valence electrons. The van der Waals surface area contributed by atoms with Gasteiger partial charge >= 0.3 is 0 Å². The van der Waals surface area contributed by atoms with Gasteiger partial charge in [0.2, 0.25) is 0 Å². The summed E-state index contributed by atoms with van der Waals surface area (Å²) in [5, 5.41) is 3.75. The van der Waals surface area contributed by atoms with E-state index in [-0.39, 0.29) is 5.92 Å². The van der Waals surface area contributed by atoms with Crippen molar-refractivity contribution in [1.82, 2.24) is 9.97 Å². The molecule has 0 amide bonds. The van der Waals surface area contributed by atoms with E-state index in [2.05, 4.69) is 29.1 Å². The standard InChI is InChI=1S/C15H16ClN3O2/c1-9(2)13-14(16)17-8-18-15(13)19-10-3-4-11-12(7-10)21-6-5-20-11/h3-4,7-9H,5-6H2,1-2H3,(H,17,18,19). The third kappa shape index (κ3) is 2.88. The molecule has 0 spiro atoms. The van der Waals surface area contributed by atoms with Crippen molar-refractivity contribution >= 4 is 23.1 Å². The largest absolute Gasteiger partial charge is 0.486 e. The van der Waals surface area contributed by atoms with Crippen LogP contribution in [0.1, 0.15) is 25.3 Å². The van der Waals surface area contributed by atoms with Gasteiger partial charge in [0.1, 0.15) is 30.5 Å². The van der Waals surface area contributed by atoms with Gasteiger partial charge < -0.3 is 14.8 Å². The molecule has 21 heavy (non-hydrogen) atoms. The molecule has 1 aliphatic rings. The SMILES string of the molecule is CC(C)c1c(Cl)ncnc1Nc1ccc2c(c1)OCCO2. The van der Waals surface area contributed by atoms with Gasteiger partial charge in [-0.2, -0.15) is 0 Å². The summed E-state index contributed by atoms with van der Waals surface area (Å²) in [6, 6.07) is 5.71. The Morgan fingerprint density at radius 2 is 1.90 bits per heavy atom. The number of hydrogen-bond acceptors (Lipinski definition) is 5. The van der Waals surface area contributed by atoms with Crippen LogP contribution in [0.2, 0.25) is 5.15 Å². The Bertz CT molecular complexity index is 661. The number of ether oxygens (including phenoxy) is 2. The zero-order valence-corrected chi connectivity index (χ0v) is 12.6. The van der Waals surface area contributed by atoms with Crippen LogP contribution in [0.15, 0.2) is 24.5 Å². The monoisotopic (exact) mass is 305 g/mol. The highest BCUT2D eigenvalue weighted by atomic mass is 35.5. The number of aromatic nitrogens is 2. The Balaban J connectivity index is 1.92. The topological polar surface area (TPSA) is 56.3 Å². The molecule has 0 unspecified atom stereocenters. The fourth-order valence-electron chi connectivity index (χ4n) is 2.24. The number of anilines is 2. The molecule has 0 saturated heterocycles. The van der Waals surface area contributed by atoms with Gasteiger partial charge in [-0.3, -0.25) is 0 Å². The fraction of sp³-hybridized carbons (Fsp3) is 0.333. The zero-order valence-electron chi connectivity index (χ0n) is 11.9. The maximum atomic E-state index is 6.17. The lowest BCUT2D eigenvalue weighted by Gasteiger charge is -2.20. The molecule has 1 aromatic carbocycles. The summed E-state index contributed by atoms with van der Waals surface area (Å²) < 4.78 is 11.1. The summed E-state index contributed by atoms with van der Waals surface area (Å²) in [6.07, 6.45) is 1.45. The highest BCUT2D eigenvalue weighted by Crippen LogP contribution is 2.35. The van der Waals surface area contributed by atoms with E-state index in [1.165, 1.54) is 6.33 Å². The summed E-state index contributed by atoms with van der Waals surface area (Å²) in [4.78, 5) is 8.33. The average molecular weight is 306 g/mol. The van der Waals surface area contributed by atoms with E-state index in [0.29, 0.717) is 24.2 Å². The molecular weight excluding hydrogens is 290 g/mol. The number of halogens is 1. The molecule has 1 aliphatic heterocycles. The molecule has 2 heterocycles. The third-order valence-electron chi connectivity index (χ3n) is 3.22. The van der Waals surface area contributed by atoms with Crippen LogP contribution in [-0.4, -0.2) is 23.2 Å². The molecule has 0 aliphatic carbocycles. The van der Waals surface area contributed by atoms with Crippen LogP contribution in [0.3, 0.4) is 0 Å². The minimum absolute atomic E-state index is 0.221. The van der Waals surface area contributed by atoms with Gasteiger partial charge in [-0.15, -0.1) is 0 Å². The van der Waals surface area contributed by atoms with Crippen molar-refractivity contribution in [1.29, 1.82) is 0 Å². The minimum Gasteiger partial charge on any atom is -0.486 e. The molecular formula is C15H16ClN3O2. The van der Waals surface area contributed by atoms with Crippen LogP contribution in [-0.2, 0) is 0 Å². The molecule has 0 radical (unpaired) electrons. The first-order chi connectivity index (χ1) is 10.1. The smallest absolute Gasteiger partial charge is 0.163 e. The molecule has 0 saturated carbocycles. The van der Waals surface area contributed by atoms with Gasteiger partial charge in [0, 0.05) is 17.3 Å². The van der Waals surface area contributed by atoms with E-state index in [1.54, 1.807) is 0 Å². The zero-order chi connectivity index (χ0) is 14.8. The minimum atomic E-state index is 0.221. The lowest BCUT2D eigenvalue weighted by Crippen LogP contribution is -2.15. The highest BCUT2D eigenvalue weighted by Gasteiger charge is 2.16. The molecule has 1 N–H and O–H groups in total. The number of nitrogens with zero attached hydrogens (tertiary/aromatic N) is 2. The Morgan fingerprint density at radius 3 is 2.67 bits per heavy atom. The van der Waals surface area contributed by atoms with Crippen molar-refractivity contribution in [3.63, 3.8) is 0 Å². The number of benzene rings is 1. The van der Waals surface area contributed by atoms with Gasteiger partial charge in [0.05, 0.1) is 0 Å². The Kier molecular flexibility index (Phi) is 3.84. The number of fused-ring (bicyclic) bond motifs is 1. The van der Waals surface area contributed by atoms with Crippen molar-refractivity contribution in [3.8, 4) is 11.5 Å². The molecule has 5 nitrogen and oxygen atoms in total. The van der Waals surface area contributed by atoms with Crippen LogP contribution in [0, 0.1) is 0 Å². The van der Waals surface area contributed by atoms with Gasteiger partial charge in [-0.1, -0.05) is 25.4 Å². The molecule has 0 fully saturated rings. The summed E-state index contributed by atoms with van der Waals surface area (Å²) in [7, 11) is 0. The Hall–Kier alpha value is -2.01. The van der Waals surface area contributed by atoms with E-state index < -0.39 is 0 Å². The first-order valence-corrected chi connectivity index (χ1v) is 7.20. The van der Waals surface area contributed by atoms with E-state index >= 15 is 0 Å². The van der Waals surface area contributed by atoms with E-state index in [9.17, 15) is 0 Å². The van der Waals surface area contributed by atoms with Crippen molar-refractivity contribution in [2.75, 3.05) is 18.5 Å². The summed E-state index contributed by atoms with van der Waals surface area (Å²) >= 11 is 6.17. The Labute approximate surface area is 128 Å². The summed E-state index contributed by atoms with van der Waals surface area (Å²) in [6.45, 7) is 5.25. The van der Waals surface area contributed by atoms with Crippen LogP contribution in [0.4, 0.5) is 11.5 Å². The second-order valence-corrected chi connectivity index (χ2v) is 5.42. The molecule has 3 rings (SSSR count). The molecule has 2 aromatic rings. The van der Waals surface area contributed by atoms with Gasteiger partial charge in [-0.05, 0) is 18.1 Å². The van der Waals surface area contributed by atoms with Gasteiger partial charge in [-0.25, -0.2) is 9.97 Å². The second kappa shape index (κ2) is 5.77. The number of rotatable bonds is 3. The van der Waals surface area contributed by atoms with Crippen LogP contribution in [0.25, 0.3) is 0 Å². The molecule has 0 atom stereocenters. The van der Waals surface area contributed by atoms with Crippen LogP contribution in [0.5, 0.6) is 11.5 Å². The molecule has 6 heteroatoms. The summed E-state index contributed by atoms with van der Waals surface area (Å²) in [5.41, 5.74) is 1.77. The normalized spacial score (nSPS) is 13.3. The fourth-order valence-corrected chi connectivity index (χ4v) is 2.59. The molecule has 0 bridgehead atoms. The number of hydrogen-bond donors (Lipinski definition) is 1. The summed E-state index contributed by atoms with van der Waals surface area (Å²) in [5.74, 6) is 2.43. The van der Waals surface area contributed by atoms with Gasteiger partial charge in [0.15, 0.2) is 11.5 Å². The van der Waals surface area contributed by atoms with Crippen molar-refractivity contribution < 1.29 is 9.47 Å². The van der Waals surface area contributed by atoms with Crippen LogP contribution >= 0.6 is 11.6 Å². The predicted octanol–water partition coefficient (Wildman–Crippen LogP) is 3.77. The lowest BCUT2D eigenvalue weighted by atomic mass is 10.1. The van der Waals surface area contributed by atoms with Crippen LogP contribution < -0.4 is 14.8 Å². The van der Waals surface area contributed by atoms with Crippen molar-refractivity contribution in [3.05, 3.63) is 35.2 Å². The van der Waals surface area contributed by atoms with E-state index in [0.717, 1.165) is 22.7 Å². The molecule has 1 aromatic heterocycles. The first-order valence-electron chi connectivity index (χ1n) is 6.82. The van der Waals surface area contributed by atoms with Crippen molar-refractivity contribution in [2.24, 2.45) is 0 Å². The van der Waals surface area contributed by atoms with E-state index in [1.807, 2.05) is 18.2 Å². The third-order valence-corrected chi connectivity index (χ3v) is 3.52. The maximum absolute atomic E-state index is 6.17. The van der Waals surface area contributed by atoms with Crippen molar-refractivity contribution in [2.45, 2.75) is 19.8 Å². The van der Waals surface area contributed by atoms with Gasteiger partial charge in [0.25, 0.3) is 0 Å². The Morgan fingerprint density at radius 1 is 1.14 bits per heavy atom. The highest BCUT2D eigenvalue weighted by molar-refractivity contribution is 6.30. The average Bonchev–Trinajstić information content (AvgIpc) is 2.47.